The van der Waals surface area contributed by atoms with Crippen molar-refractivity contribution >= 4 is 0 Å². The molecule has 0 bridgehead atoms. The second-order valence-electron chi connectivity index (χ2n) is 7.20. The van der Waals surface area contributed by atoms with Crippen molar-refractivity contribution in [1.29, 1.82) is 0 Å². The zero-order valence-electron chi connectivity index (χ0n) is 23.0. The predicted octanol–water partition coefficient (Wildman–Crippen LogP) is 1.47. The number of rotatable bonds is 35. The molecule has 0 heterocycles. The zero-order chi connectivity index (χ0) is 27.5. The summed E-state index contributed by atoms with van der Waals surface area (Å²) in [6.45, 7) is 18.3. The summed E-state index contributed by atoms with van der Waals surface area (Å²) in [7, 11) is 0. The van der Waals surface area contributed by atoms with Crippen LogP contribution in [-0.4, -0.2) is 145 Å². The highest BCUT2D eigenvalue weighted by Crippen LogP contribution is 1.87. The molecule has 0 aromatic heterocycles. The van der Waals surface area contributed by atoms with E-state index in [-0.39, 0.29) is 0 Å². The van der Waals surface area contributed by atoms with Crippen molar-refractivity contribution in [3.8, 4) is 0 Å². The molecule has 0 aromatic rings. The van der Waals surface area contributed by atoms with Crippen LogP contribution in [0.15, 0.2) is 25.7 Å². The Morgan fingerprint density at radius 3 is 0.500 bits per heavy atom. The van der Waals surface area contributed by atoms with Gasteiger partial charge in [-0.05, 0) is 0 Å². The fourth-order valence-electron chi connectivity index (χ4n) is 2.46. The largest absolute Gasteiger partial charge is 0.499 e. The minimum atomic E-state index is 0.503. The monoisotopic (exact) mass is 554 g/mol. The minimum Gasteiger partial charge on any atom is -0.499 e. The molecule has 0 rings (SSSR count). The van der Waals surface area contributed by atoms with E-state index >= 15 is 0 Å². The van der Waals surface area contributed by atoms with Gasteiger partial charge in [-0.25, -0.2) is 0 Å². The summed E-state index contributed by atoms with van der Waals surface area (Å²) in [5.74, 6) is 0. The average Bonchev–Trinajstić information content (AvgIpc) is 2.93. The Balaban J connectivity index is 3.02. The molecule has 0 aliphatic rings. The molecule has 0 aromatic carbocycles. The van der Waals surface area contributed by atoms with Crippen molar-refractivity contribution in [2.45, 2.75) is 0 Å². The molecule has 0 radical (unpaired) electrons. The molecule has 226 valence electrons. The van der Waals surface area contributed by atoms with Crippen molar-refractivity contribution in [2.24, 2.45) is 0 Å². The number of ether oxygens (including phenoxy) is 12. The van der Waals surface area contributed by atoms with Gasteiger partial charge in [-0.3, -0.25) is 0 Å². The van der Waals surface area contributed by atoms with Gasteiger partial charge in [0.15, 0.2) is 0 Å². The standard InChI is InChI=1S/C26H50O12/c1-3-27-5-7-29-9-11-31-13-15-33-17-19-35-21-23-37-25-26-38-24-22-36-20-18-34-16-14-32-12-10-30-8-6-28-4-2/h3-4H,1-2,5-26H2. The van der Waals surface area contributed by atoms with Gasteiger partial charge in [-0.15, -0.1) is 0 Å². The van der Waals surface area contributed by atoms with E-state index in [1.807, 2.05) is 0 Å². The van der Waals surface area contributed by atoms with E-state index in [2.05, 4.69) is 13.2 Å². The van der Waals surface area contributed by atoms with Crippen molar-refractivity contribution in [1.82, 2.24) is 0 Å². The highest BCUT2D eigenvalue weighted by atomic mass is 16.6. The topological polar surface area (TPSA) is 111 Å². The van der Waals surface area contributed by atoms with E-state index in [1.165, 1.54) is 12.5 Å². The summed E-state index contributed by atoms with van der Waals surface area (Å²) in [4.78, 5) is 0. The van der Waals surface area contributed by atoms with Crippen LogP contribution in [0.1, 0.15) is 0 Å². The molecule has 0 amide bonds. The van der Waals surface area contributed by atoms with Gasteiger partial charge in [-0.1, -0.05) is 13.2 Å². The van der Waals surface area contributed by atoms with Crippen LogP contribution in [0.3, 0.4) is 0 Å². The molecular weight excluding hydrogens is 504 g/mol. The lowest BCUT2D eigenvalue weighted by atomic mass is 10.6. The van der Waals surface area contributed by atoms with Crippen LogP contribution in [0.5, 0.6) is 0 Å². The summed E-state index contributed by atoms with van der Waals surface area (Å²) < 4.78 is 63.9. The first-order valence-corrected chi connectivity index (χ1v) is 13.1. The van der Waals surface area contributed by atoms with Crippen LogP contribution in [0, 0.1) is 0 Å². The Bertz CT molecular complexity index is 416. The van der Waals surface area contributed by atoms with Crippen LogP contribution in [-0.2, 0) is 56.8 Å². The Hall–Kier alpha value is -1.32. The molecule has 0 aliphatic heterocycles. The maximum Gasteiger partial charge on any atom is 0.111 e. The Morgan fingerprint density at radius 2 is 0.368 bits per heavy atom. The maximum absolute atomic E-state index is 5.45. The quantitative estimate of drug-likeness (QED) is 0.0836. The molecule has 0 unspecified atom stereocenters. The van der Waals surface area contributed by atoms with E-state index in [9.17, 15) is 0 Å². The summed E-state index contributed by atoms with van der Waals surface area (Å²) in [5.41, 5.74) is 0. The first-order valence-electron chi connectivity index (χ1n) is 13.1. The van der Waals surface area contributed by atoms with E-state index < -0.39 is 0 Å². The second kappa shape index (κ2) is 35.7. The summed E-state index contributed by atoms with van der Waals surface area (Å²) >= 11 is 0. The lowest BCUT2D eigenvalue weighted by Crippen LogP contribution is -2.15. The van der Waals surface area contributed by atoms with Crippen molar-refractivity contribution in [3.63, 3.8) is 0 Å². The van der Waals surface area contributed by atoms with Gasteiger partial charge in [0.1, 0.15) is 13.2 Å². The van der Waals surface area contributed by atoms with Gasteiger partial charge in [-0.2, -0.15) is 0 Å². The summed E-state index contributed by atoms with van der Waals surface area (Å²) in [5, 5.41) is 0. The Morgan fingerprint density at radius 1 is 0.237 bits per heavy atom. The molecule has 12 heteroatoms. The van der Waals surface area contributed by atoms with Crippen LogP contribution in [0.25, 0.3) is 0 Å². The molecule has 0 saturated carbocycles. The van der Waals surface area contributed by atoms with Crippen LogP contribution in [0.4, 0.5) is 0 Å². The first kappa shape index (κ1) is 36.7. The molecule has 0 fully saturated rings. The molecule has 0 aliphatic carbocycles. The van der Waals surface area contributed by atoms with Gasteiger partial charge in [0.25, 0.3) is 0 Å². The van der Waals surface area contributed by atoms with Crippen LogP contribution < -0.4 is 0 Å². The smallest absolute Gasteiger partial charge is 0.111 e. The summed E-state index contributed by atoms with van der Waals surface area (Å²) in [6.07, 6.45) is 2.79. The van der Waals surface area contributed by atoms with E-state index in [1.54, 1.807) is 0 Å². The molecule has 0 atom stereocenters. The molecule has 38 heavy (non-hydrogen) atoms. The van der Waals surface area contributed by atoms with Gasteiger partial charge < -0.3 is 56.8 Å². The third-order valence-electron chi connectivity index (χ3n) is 4.27. The molecule has 0 N–H and O–H groups in total. The van der Waals surface area contributed by atoms with Gasteiger partial charge in [0.2, 0.25) is 0 Å². The van der Waals surface area contributed by atoms with E-state index in [0.29, 0.717) is 145 Å². The predicted molar refractivity (Wildman–Crippen MR) is 140 cm³/mol. The minimum absolute atomic E-state index is 0.503. The molecule has 12 nitrogen and oxygen atoms in total. The molecule has 0 saturated heterocycles. The van der Waals surface area contributed by atoms with Crippen molar-refractivity contribution < 1.29 is 56.8 Å². The van der Waals surface area contributed by atoms with E-state index in [0.717, 1.165) is 0 Å². The van der Waals surface area contributed by atoms with Crippen molar-refractivity contribution in [2.75, 3.05) is 145 Å². The maximum atomic E-state index is 5.45. The van der Waals surface area contributed by atoms with Gasteiger partial charge >= 0.3 is 0 Å². The third-order valence-corrected chi connectivity index (χ3v) is 4.27. The highest BCUT2D eigenvalue weighted by Gasteiger charge is 1.96. The fraction of sp³-hybridized carbons (Fsp3) is 0.846. The van der Waals surface area contributed by atoms with Gasteiger partial charge in [0, 0.05) is 0 Å². The van der Waals surface area contributed by atoms with Crippen molar-refractivity contribution in [3.05, 3.63) is 25.7 Å². The summed E-state index contributed by atoms with van der Waals surface area (Å²) in [6, 6.07) is 0. The Kier molecular flexibility index (Phi) is 34.4. The third kappa shape index (κ3) is 34.7. The normalized spacial score (nSPS) is 11.1. The lowest BCUT2D eigenvalue weighted by Gasteiger charge is -2.09. The lowest BCUT2D eigenvalue weighted by molar-refractivity contribution is -0.0273. The van der Waals surface area contributed by atoms with Gasteiger partial charge in [0.05, 0.1) is 145 Å². The molecular formula is C26H50O12. The number of hydrogen-bond acceptors (Lipinski definition) is 12. The highest BCUT2D eigenvalue weighted by molar-refractivity contribution is 4.48. The van der Waals surface area contributed by atoms with E-state index in [4.69, 9.17) is 56.8 Å². The Labute approximate surface area is 228 Å². The van der Waals surface area contributed by atoms with Crippen LogP contribution in [0.2, 0.25) is 0 Å². The van der Waals surface area contributed by atoms with Crippen LogP contribution >= 0.6 is 0 Å². The molecule has 0 spiro atoms. The second-order valence-corrected chi connectivity index (χ2v) is 7.20. The fourth-order valence-corrected chi connectivity index (χ4v) is 2.46. The zero-order valence-corrected chi connectivity index (χ0v) is 23.0. The first-order chi connectivity index (χ1) is 18.9. The number of hydrogen-bond donors (Lipinski definition) is 0. The average molecular weight is 555 g/mol. The SMILES string of the molecule is C=COCCOCCOCCOCCOCCOCCOCCOCCOCCOCCOCCOC=C.